The molecule has 1 aliphatic heterocycles. The SMILES string of the molecule is COc1ccc(OC)c(C2CN(C(=O)CC(C)C)CC2C(=O)NCc2cccnc2)c1. The molecule has 0 saturated carbocycles. The van der Waals surface area contributed by atoms with Crippen molar-refractivity contribution in [3.05, 3.63) is 53.9 Å². The number of hydrogen-bond donors (Lipinski definition) is 1. The Kier molecular flexibility index (Phi) is 7.50. The van der Waals surface area contributed by atoms with Gasteiger partial charge >= 0.3 is 0 Å². The zero-order valence-corrected chi connectivity index (χ0v) is 18.6. The molecule has 0 aliphatic carbocycles. The molecule has 31 heavy (non-hydrogen) atoms. The van der Waals surface area contributed by atoms with Crippen molar-refractivity contribution >= 4 is 11.8 Å². The second-order valence-electron chi connectivity index (χ2n) is 8.30. The first-order valence-electron chi connectivity index (χ1n) is 10.6. The largest absolute Gasteiger partial charge is 0.497 e. The molecule has 3 rings (SSSR count). The predicted octanol–water partition coefficient (Wildman–Crippen LogP) is 3.00. The van der Waals surface area contributed by atoms with Crippen LogP contribution in [0, 0.1) is 11.8 Å². The molecule has 2 amide bonds. The van der Waals surface area contributed by atoms with E-state index in [1.165, 1.54) is 0 Å². The van der Waals surface area contributed by atoms with Gasteiger partial charge < -0.3 is 19.7 Å². The van der Waals surface area contributed by atoms with E-state index >= 15 is 0 Å². The molecule has 0 bridgehead atoms. The van der Waals surface area contributed by atoms with Gasteiger partial charge in [0, 0.05) is 49.9 Å². The number of benzene rings is 1. The predicted molar refractivity (Wildman–Crippen MR) is 118 cm³/mol. The first-order chi connectivity index (χ1) is 14.9. The highest BCUT2D eigenvalue weighted by atomic mass is 16.5. The van der Waals surface area contributed by atoms with Gasteiger partial charge in [0.1, 0.15) is 11.5 Å². The molecule has 0 spiro atoms. The van der Waals surface area contributed by atoms with E-state index in [2.05, 4.69) is 10.3 Å². The molecule has 2 aromatic rings. The summed E-state index contributed by atoms with van der Waals surface area (Å²) in [6.45, 7) is 5.30. The lowest BCUT2D eigenvalue weighted by Crippen LogP contribution is -2.35. The highest BCUT2D eigenvalue weighted by molar-refractivity contribution is 5.83. The van der Waals surface area contributed by atoms with Gasteiger partial charge in [-0.25, -0.2) is 0 Å². The van der Waals surface area contributed by atoms with E-state index < -0.39 is 0 Å². The number of methoxy groups -OCH3 is 2. The van der Waals surface area contributed by atoms with Crippen LogP contribution in [0.2, 0.25) is 0 Å². The summed E-state index contributed by atoms with van der Waals surface area (Å²) in [7, 11) is 3.22. The summed E-state index contributed by atoms with van der Waals surface area (Å²) in [6, 6.07) is 9.34. The number of nitrogens with one attached hydrogen (secondary N) is 1. The summed E-state index contributed by atoms with van der Waals surface area (Å²) >= 11 is 0. The van der Waals surface area contributed by atoms with E-state index in [4.69, 9.17) is 9.47 Å². The number of carbonyl (C=O) groups is 2. The number of aromatic nitrogens is 1. The topological polar surface area (TPSA) is 80.8 Å². The second-order valence-corrected chi connectivity index (χ2v) is 8.30. The van der Waals surface area contributed by atoms with Gasteiger partial charge in [0.25, 0.3) is 0 Å². The Bertz CT molecular complexity index is 901. The minimum atomic E-state index is -0.381. The zero-order valence-electron chi connectivity index (χ0n) is 18.6. The summed E-state index contributed by atoms with van der Waals surface area (Å²) in [5.41, 5.74) is 1.81. The number of carbonyl (C=O) groups excluding carboxylic acids is 2. The third-order valence-corrected chi connectivity index (χ3v) is 5.62. The Morgan fingerprint density at radius 3 is 2.65 bits per heavy atom. The number of ether oxygens (including phenoxy) is 2. The third-order valence-electron chi connectivity index (χ3n) is 5.62. The van der Waals surface area contributed by atoms with Crippen LogP contribution in [-0.2, 0) is 16.1 Å². The van der Waals surface area contributed by atoms with Crippen LogP contribution in [-0.4, -0.2) is 49.0 Å². The molecule has 1 aliphatic rings. The maximum absolute atomic E-state index is 13.2. The van der Waals surface area contributed by atoms with Crippen LogP contribution in [0.5, 0.6) is 11.5 Å². The second kappa shape index (κ2) is 10.3. The van der Waals surface area contributed by atoms with Crippen LogP contribution in [0.1, 0.15) is 37.3 Å². The van der Waals surface area contributed by atoms with Crippen molar-refractivity contribution in [3.8, 4) is 11.5 Å². The number of rotatable bonds is 8. The van der Waals surface area contributed by atoms with Crippen LogP contribution in [0.3, 0.4) is 0 Å². The molecule has 2 unspecified atom stereocenters. The molecule has 7 nitrogen and oxygen atoms in total. The summed E-state index contributed by atoms with van der Waals surface area (Å²) in [6.07, 6.45) is 3.90. The highest BCUT2D eigenvalue weighted by Gasteiger charge is 2.41. The smallest absolute Gasteiger partial charge is 0.225 e. The molecule has 1 aromatic carbocycles. The minimum Gasteiger partial charge on any atom is -0.497 e. The Balaban J connectivity index is 1.86. The molecule has 1 fully saturated rings. The van der Waals surface area contributed by atoms with Crippen molar-refractivity contribution in [2.45, 2.75) is 32.7 Å². The van der Waals surface area contributed by atoms with Gasteiger partial charge in [0.15, 0.2) is 0 Å². The monoisotopic (exact) mass is 425 g/mol. The zero-order chi connectivity index (χ0) is 22.4. The summed E-state index contributed by atoms with van der Waals surface area (Å²) in [5.74, 6) is 1.06. The molecule has 1 aromatic heterocycles. The fourth-order valence-corrected chi connectivity index (χ4v) is 4.02. The normalized spacial score (nSPS) is 18.2. The molecule has 1 saturated heterocycles. The molecule has 7 heteroatoms. The summed E-state index contributed by atoms with van der Waals surface area (Å²) < 4.78 is 11.0. The van der Waals surface area contributed by atoms with Gasteiger partial charge in [-0.2, -0.15) is 0 Å². The maximum atomic E-state index is 13.2. The standard InChI is InChI=1S/C24H31N3O4/c1-16(2)10-23(28)27-14-20(19-11-18(30-3)7-8-22(19)31-4)21(15-27)24(29)26-13-17-6-5-9-25-12-17/h5-9,11-12,16,20-21H,10,13-15H2,1-4H3,(H,26,29). The number of nitrogens with zero attached hydrogens (tertiary/aromatic N) is 2. The van der Waals surface area contributed by atoms with E-state index in [0.717, 1.165) is 11.1 Å². The Morgan fingerprint density at radius 2 is 2.00 bits per heavy atom. The molecule has 166 valence electrons. The van der Waals surface area contributed by atoms with Crippen molar-refractivity contribution in [2.75, 3.05) is 27.3 Å². The van der Waals surface area contributed by atoms with E-state index in [1.54, 1.807) is 31.5 Å². The lowest BCUT2D eigenvalue weighted by atomic mass is 9.87. The molecule has 2 heterocycles. The highest BCUT2D eigenvalue weighted by Crippen LogP contribution is 2.39. The van der Waals surface area contributed by atoms with Crippen LogP contribution >= 0.6 is 0 Å². The van der Waals surface area contributed by atoms with Crippen LogP contribution < -0.4 is 14.8 Å². The lowest BCUT2D eigenvalue weighted by Gasteiger charge is -2.21. The van der Waals surface area contributed by atoms with Crippen LogP contribution in [0.15, 0.2) is 42.7 Å². The van der Waals surface area contributed by atoms with Crippen molar-refractivity contribution in [1.82, 2.24) is 15.2 Å². The van der Waals surface area contributed by atoms with Crippen molar-refractivity contribution in [2.24, 2.45) is 11.8 Å². The molecule has 2 atom stereocenters. The third kappa shape index (κ3) is 5.54. The van der Waals surface area contributed by atoms with Gasteiger partial charge in [0.2, 0.25) is 11.8 Å². The van der Waals surface area contributed by atoms with Crippen LogP contribution in [0.25, 0.3) is 0 Å². The molecular formula is C24H31N3O4. The minimum absolute atomic E-state index is 0.0735. The van der Waals surface area contributed by atoms with Gasteiger partial charge in [-0.3, -0.25) is 14.6 Å². The fourth-order valence-electron chi connectivity index (χ4n) is 4.02. The molecule has 1 N–H and O–H groups in total. The van der Waals surface area contributed by atoms with E-state index in [-0.39, 0.29) is 29.6 Å². The summed E-state index contributed by atoms with van der Waals surface area (Å²) in [4.78, 5) is 31.9. The van der Waals surface area contributed by atoms with E-state index in [9.17, 15) is 9.59 Å². The Hall–Kier alpha value is -3.09. The number of likely N-dealkylation sites (tertiary alicyclic amines) is 1. The molecular weight excluding hydrogens is 394 g/mol. The molecule has 0 radical (unpaired) electrons. The van der Waals surface area contributed by atoms with Crippen LogP contribution in [0.4, 0.5) is 0 Å². The first-order valence-corrected chi connectivity index (χ1v) is 10.6. The van der Waals surface area contributed by atoms with E-state index in [0.29, 0.717) is 37.6 Å². The van der Waals surface area contributed by atoms with Crippen molar-refractivity contribution in [1.29, 1.82) is 0 Å². The Morgan fingerprint density at radius 1 is 1.19 bits per heavy atom. The average molecular weight is 426 g/mol. The van der Waals surface area contributed by atoms with Gasteiger partial charge in [0.05, 0.1) is 20.1 Å². The van der Waals surface area contributed by atoms with E-state index in [1.807, 2.05) is 44.2 Å². The van der Waals surface area contributed by atoms with Crippen molar-refractivity contribution in [3.63, 3.8) is 0 Å². The van der Waals surface area contributed by atoms with Gasteiger partial charge in [-0.1, -0.05) is 19.9 Å². The summed E-state index contributed by atoms with van der Waals surface area (Å²) in [5, 5.41) is 3.02. The lowest BCUT2D eigenvalue weighted by molar-refractivity contribution is -0.131. The van der Waals surface area contributed by atoms with Crippen molar-refractivity contribution < 1.29 is 19.1 Å². The first kappa shape index (κ1) is 22.6. The number of pyridine rings is 1. The number of amides is 2. The Labute approximate surface area is 183 Å². The average Bonchev–Trinajstić information content (AvgIpc) is 3.23. The van der Waals surface area contributed by atoms with Gasteiger partial charge in [-0.05, 0) is 35.7 Å². The quantitative estimate of drug-likeness (QED) is 0.703. The van der Waals surface area contributed by atoms with Gasteiger partial charge in [-0.15, -0.1) is 0 Å². The fraction of sp³-hybridized carbons (Fsp3) is 0.458. The maximum Gasteiger partial charge on any atom is 0.225 e. The number of hydrogen-bond acceptors (Lipinski definition) is 5.